The number of nitrogens with zero attached hydrogens (tertiary/aromatic N) is 1. The first-order valence-corrected chi connectivity index (χ1v) is 7.96. The SMILES string of the molecule is O=C(Nc1ccc(F)c(F)c1F)NC1CC(=O)N(Cc2ccccc2)C1. The van der Waals surface area contributed by atoms with Crippen LogP contribution in [0.4, 0.5) is 23.7 Å². The Kier molecular flexibility index (Phi) is 5.11. The number of nitrogens with one attached hydrogen (secondary N) is 2. The van der Waals surface area contributed by atoms with E-state index in [1.807, 2.05) is 30.3 Å². The van der Waals surface area contributed by atoms with Gasteiger partial charge in [0, 0.05) is 19.5 Å². The zero-order valence-corrected chi connectivity index (χ0v) is 13.6. The van der Waals surface area contributed by atoms with Crippen molar-refractivity contribution in [2.45, 2.75) is 19.0 Å². The van der Waals surface area contributed by atoms with Crippen LogP contribution >= 0.6 is 0 Å². The van der Waals surface area contributed by atoms with Gasteiger partial charge in [-0.05, 0) is 17.7 Å². The first-order chi connectivity index (χ1) is 12.4. The summed E-state index contributed by atoms with van der Waals surface area (Å²) in [6, 6.07) is 9.79. The lowest BCUT2D eigenvalue weighted by atomic mass is 10.2. The third-order valence-corrected chi connectivity index (χ3v) is 4.05. The van der Waals surface area contributed by atoms with Crippen LogP contribution in [-0.2, 0) is 11.3 Å². The van der Waals surface area contributed by atoms with Crippen LogP contribution in [0.2, 0.25) is 0 Å². The summed E-state index contributed by atoms with van der Waals surface area (Å²) >= 11 is 0. The summed E-state index contributed by atoms with van der Waals surface area (Å²) in [5, 5.41) is 4.66. The molecule has 26 heavy (non-hydrogen) atoms. The number of benzene rings is 2. The van der Waals surface area contributed by atoms with Gasteiger partial charge in [0.15, 0.2) is 17.5 Å². The zero-order chi connectivity index (χ0) is 18.7. The molecule has 2 aromatic rings. The number of carbonyl (C=O) groups excluding carboxylic acids is 2. The maximum absolute atomic E-state index is 13.6. The molecule has 2 N–H and O–H groups in total. The highest BCUT2D eigenvalue weighted by Gasteiger charge is 2.30. The summed E-state index contributed by atoms with van der Waals surface area (Å²) in [6.07, 6.45) is 0.112. The predicted molar refractivity (Wildman–Crippen MR) is 88.7 cm³/mol. The smallest absolute Gasteiger partial charge is 0.319 e. The summed E-state index contributed by atoms with van der Waals surface area (Å²) in [5.74, 6) is -4.59. The topological polar surface area (TPSA) is 61.4 Å². The van der Waals surface area contributed by atoms with Gasteiger partial charge in [0.2, 0.25) is 5.91 Å². The van der Waals surface area contributed by atoms with E-state index in [2.05, 4.69) is 10.6 Å². The minimum Gasteiger partial charge on any atom is -0.336 e. The second kappa shape index (κ2) is 7.47. The van der Waals surface area contributed by atoms with E-state index >= 15 is 0 Å². The van der Waals surface area contributed by atoms with Gasteiger partial charge in [-0.25, -0.2) is 18.0 Å². The number of rotatable bonds is 4. The van der Waals surface area contributed by atoms with Crippen molar-refractivity contribution in [2.75, 3.05) is 11.9 Å². The van der Waals surface area contributed by atoms with E-state index in [4.69, 9.17) is 0 Å². The van der Waals surface area contributed by atoms with Crippen LogP contribution in [0.25, 0.3) is 0 Å². The molecule has 0 aliphatic carbocycles. The number of hydrogen-bond acceptors (Lipinski definition) is 2. The van der Waals surface area contributed by atoms with E-state index in [0.29, 0.717) is 19.2 Å². The molecule has 1 saturated heterocycles. The van der Waals surface area contributed by atoms with Crippen molar-refractivity contribution < 1.29 is 22.8 Å². The molecule has 0 radical (unpaired) electrons. The number of halogens is 3. The summed E-state index contributed by atoms with van der Waals surface area (Å²) < 4.78 is 39.7. The molecule has 5 nitrogen and oxygen atoms in total. The fraction of sp³-hybridized carbons (Fsp3) is 0.222. The molecular weight excluding hydrogens is 347 g/mol. The molecule has 1 unspecified atom stereocenters. The number of likely N-dealkylation sites (tertiary alicyclic amines) is 1. The molecule has 3 rings (SSSR count). The summed E-state index contributed by atoms with van der Waals surface area (Å²) in [7, 11) is 0. The van der Waals surface area contributed by atoms with Crippen LogP contribution in [0.3, 0.4) is 0 Å². The number of amides is 3. The Hall–Kier alpha value is -3.03. The monoisotopic (exact) mass is 363 g/mol. The van der Waals surface area contributed by atoms with E-state index in [1.54, 1.807) is 4.90 Å². The van der Waals surface area contributed by atoms with Gasteiger partial charge >= 0.3 is 6.03 Å². The van der Waals surface area contributed by atoms with Gasteiger partial charge in [0.1, 0.15) is 0 Å². The van der Waals surface area contributed by atoms with Crippen molar-refractivity contribution in [2.24, 2.45) is 0 Å². The third kappa shape index (κ3) is 3.96. The average Bonchev–Trinajstić information content (AvgIpc) is 2.95. The summed E-state index contributed by atoms with van der Waals surface area (Å²) in [5.41, 5.74) is 0.488. The van der Waals surface area contributed by atoms with Crippen LogP contribution in [0, 0.1) is 17.5 Å². The van der Waals surface area contributed by atoms with Crippen molar-refractivity contribution >= 4 is 17.6 Å². The lowest BCUT2D eigenvalue weighted by molar-refractivity contribution is -0.128. The molecule has 1 aliphatic heterocycles. The first-order valence-electron chi connectivity index (χ1n) is 7.96. The minimum atomic E-state index is -1.66. The molecule has 1 fully saturated rings. The van der Waals surface area contributed by atoms with Crippen molar-refractivity contribution in [3.05, 3.63) is 65.5 Å². The van der Waals surface area contributed by atoms with E-state index < -0.39 is 35.2 Å². The lowest BCUT2D eigenvalue weighted by Gasteiger charge is -2.17. The minimum absolute atomic E-state index is 0.112. The molecule has 1 heterocycles. The molecule has 3 amide bonds. The van der Waals surface area contributed by atoms with Crippen molar-refractivity contribution in [3.8, 4) is 0 Å². The highest BCUT2D eigenvalue weighted by atomic mass is 19.2. The second-order valence-corrected chi connectivity index (χ2v) is 5.98. The Morgan fingerprint density at radius 3 is 2.54 bits per heavy atom. The third-order valence-electron chi connectivity index (χ3n) is 4.05. The fourth-order valence-corrected chi connectivity index (χ4v) is 2.79. The van der Waals surface area contributed by atoms with E-state index in [0.717, 1.165) is 11.6 Å². The van der Waals surface area contributed by atoms with E-state index in [1.165, 1.54) is 0 Å². The van der Waals surface area contributed by atoms with Gasteiger partial charge in [0.05, 0.1) is 11.7 Å². The number of hydrogen-bond donors (Lipinski definition) is 2. The molecule has 1 atom stereocenters. The van der Waals surface area contributed by atoms with Crippen LogP contribution in [0.1, 0.15) is 12.0 Å². The Morgan fingerprint density at radius 1 is 1.08 bits per heavy atom. The number of urea groups is 1. The molecule has 0 spiro atoms. The molecule has 0 saturated carbocycles. The van der Waals surface area contributed by atoms with Gasteiger partial charge in [-0.1, -0.05) is 30.3 Å². The standard InChI is InChI=1S/C18H16F3N3O2/c19-13-6-7-14(17(21)16(13)20)23-18(26)22-12-8-15(25)24(10-12)9-11-4-2-1-3-5-11/h1-7,12H,8-10H2,(H2,22,23,26). The maximum atomic E-state index is 13.6. The van der Waals surface area contributed by atoms with Crippen molar-refractivity contribution in [1.82, 2.24) is 10.2 Å². The Bertz CT molecular complexity index is 830. The quantitative estimate of drug-likeness (QED) is 0.821. The van der Waals surface area contributed by atoms with Gasteiger partial charge in [-0.3, -0.25) is 4.79 Å². The van der Waals surface area contributed by atoms with Crippen LogP contribution in [0.5, 0.6) is 0 Å². The van der Waals surface area contributed by atoms with Crippen LogP contribution < -0.4 is 10.6 Å². The molecular formula is C18H16F3N3O2. The Morgan fingerprint density at radius 2 is 1.81 bits per heavy atom. The first kappa shape index (κ1) is 17.8. The van der Waals surface area contributed by atoms with E-state index in [9.17, 15) is 22.8 Å². The van der Waals surface area contributed by atoms with Gasteiger partial charge in [-0.15, -0.1) is 0 Å². The average molecular weight is 363 g/mol. The van der Waals surface area contributed by atoms with Crippen molar-refractivity contribution in [3.63, 3.8) is 0 Å². The normalized spacial score (nSPS) is 16.7. The molecule has 8 heteroatoms. The lowest BCUT2D eigenvalue weighted by Crippen LogP contribution is -2.39. The highest BCUT2D eigenvalue weighted by Crippen LogP contribution is 2.20. The Labute approximate surface area is 147 Å². The molecule has 1 aliphatic rings. The molecule has 2 aromatic carbocycles. The van der Waals surface area contributed by atoms with Crippen molar-refractivity contribution in [1.29, 1.82) is 0 Å². The maximum Gasteiger partial charge on any atom is 0.319 e. The number of anilines is 1. The summed E-state index contributed by atoms with van der Waals surface area (Å²) in [6.45, 7) is 0.735. The zero-order valence-electron chi connectivity index (χ0n) is 13.6. The second-order valence-electron chi connectivity index (χ2n) is 5.98. The largest absolute Gasteiger partial charge is 0.336 e. The van der Waals surface area contributed by atoms with Gasteiger partial charge in [0.25, 0.3) is 0 Å². The Balaban J connectivity index is 1.57. The molecule has 0 bridgehead atoms. The number of carbonyl (C=O) groups is 2. The molecule has 136 valence electrons. The fourth-order valence-electron chi connectivity index (χ4n) is 2.79. The summed E-state index contributed by atoms with van der Waals surface area (Å²) in [4.78, 5) is 25.6. The van der Waals surface area contributed by atoms with Crippen LogP contribution in [0.15, 0.2) is 42.5 Å². The predicted octanol–water partition coefficient (Wildman–Crippen LogP) is 3.03. The van der Waals surface area contributed by atoms with Gasteiger partial charge in [-0.2, -0.15) is 0 Å². The highest BCUT2D eigenvalue weighted by molar-refractivity contribution is 5.90. The van der Waals surface area contributed by atoms with E-state index in [-0.39, 0.29) is 12.3 Å². The molecule has 0 aromatic heterocycles. The van der Waals surface area contributed by atoms with Gasteiger partial charge < -0.3 is 15.5 Å². The van der Waals surface area contributed by atoms with Crippen LogP contribution in [-0.4, -0.2) is 29.4 Å².